The van der Waals surface area contributed by atoms with Crippen LogP contribution in [0.15, 0.2) is 36.4 Å². The molecule has 0 atom stereocenters. The number of nitrogens with two attached hydrogens (primary N) is 1. The second kappa shape index (κ2) is 5.32. The zero-order valence-electron chi connectivity index (χ0n) is 10.6. The first-order chi connectivity index (χ1) is 9.10. The molecule has 0 unspecified atom stereocenters. The van der Waals surface area contributed by atoms with E-state index in [1.54, 1.807) is 24.3 Å². The number of rotatable bonds is 3. The Hall–Kier alpha value is -2.67. The van der Waals surface area contributed by atoms with Crippen LogP contribution in [0, 0.1) is 18.3 Å². The molecule has 2 rings (SSSR count). The van der Waals surface area contributed by atoms with Crippen molar-refractivity contribution in [2.75, 3.05) is 11.1 Å². The van der Waals surface area contributed by atoms with Gasteiger partial charge in [0.1, 0.15) is 5.75 Å². The van der Waals surface area contributed by atoms with Gasteiger partial charge in [0.25, 0.3) is 0 Å². The normalized spacial score (nSPS) is 9.89. The third kappa shape index (κ3) is 2.96. The predicted octanol–water partition coefficient (Wildman–Crippen LogP) is 2.77. The molecule has 0 heterocycles. The van der Waals surface area contributed by atoms with Crippen LogP contribution in [-0.4, -0.2) is 5.11 Å². The molecule has 19 heavy (non-hydrogen) atoms. The summed E-state index contributed by atoms with van der Waals surface area (Å²) < 4.78 is 0. The Morgan fingerprint density at radius 2 is 2.05 bits per heavy atom. The van der Waals surface area contributed by atoms with Gasteiger partial charge >= 0.3 is 0 Å². The first kappa shape index (κ1) is 12.8. The molecule has 0 radical (unpaired) electrons. The average molecular weight is 253 g/mol. The molecule has 0 amide bonds. The van der Waals surface area contributed by atoms with Crippen molar-refractivity contribution < 1.29 is 5.11 Å². The number of anilines is 2. The van der Waals surface area contributed by atoms with Gasteiger partial charge in [-0.15, -0.1) is 0 Å². The van der Waals surface area contributed by atoms with Crippen molar-refractivity contribution in [3.05, 3.63) is 53.1 Å². The second-order valence-corrected chi connectivity index (χ2v) is 4.38. The van der Waals surface area contributed by atoms with Crippen LogP contribution in [0.25, 0.3) is 0 Å². The SMILES string of the molecule is Cc1cc(C#N)ccc1NCc1cc(N)ccc1O. The number of nitrogen functional groups attached to an aromatic ring is 1. The van der Waals surface area contributed by atoms with Crippen LogP contribution in [0.5, 0.6) is 5.75 Å². The zero-order valence-corrected chi connectivity index (χ0v) is 10.6. The van der Waals surface area contributed by atoms with Crippen molar-refractivity contribution in [2.24, 2.45) is 0 Å². The van der Waals surface area contributed by atoms with E-state index in [1.807, 2.05) is 19.1 Å². The number of phenolic OH excluding ortho intramolecular Hbond substituents is 1. The number of nitrogens with one attached hydrogen (secondary N) is 1. The molecule has 0 spiro atoms. The molecular formula is C15H15N3O. The van der Waals surface area contributed by atoms with Crippen LogP contribution in [0.3, 0.4) is 0 Å². The molecule has 0 saturated heterocycles. The molecule has 4 heteroatoms. The lowest BCUT2D eigenvalue weighted by molar-refractivity contribution is 0.469. The number of nitrogens with zero attached hydrogens (tertiary/aromatic N) is 1. The molecule has 96 valence electrons. The lowest BCUT2D eigenvalue weighted by Gasteiger charge is -2.11. The van der Waals surface area contributed by atoms with Gasteiger partial charge in [-0.25, -0.2) is 0 Å². The Kier molecular flexibility index (Phi) is 3.58. The smallest absolute Gasteiger partial charge is 0.120 e. The number of aromatic hydroxyl groups is 1. The molecule has 0 aromatic heterocycles. The highest BCUT2D eigenvalue weighted by atomic mass is 16.3. The van der Waals surface area contributed by atoms with E-state index < -0.39 is 0 Å². The third-order valence-electron chi connectivity index (χ3n) is 2.93. The second-order valence-electron chi connectivity index (χ2n) is 4.38. The first-order valence-electron chi connectivity index (χ1n) is 5.92. The van der Waals surface area contributed by atoms with Crippen molar-refractivity contribution >= 4 is 11.4 Å². The summed E-state index contributed by atoms with van der Waals surface area (Å²) in [6.07, 6.45) is 0. The Labute approximate surface area is 112 Å². The topological polar surface area (TPSA) is 82.1 Å². The lowest BCUT2D eigenvalue weighted by Crippen LogP contribution is -2.02. The maximum absolute atomic E-state index is 9.73. The molecule has 0 bridgehead atoms. The molecule has 0 aliphatic rings. The first-order valence-corrected chi connectivity index (χ1v) is 5.92. The molecule has 2 aromatic carbocycles. The van der Waals surface area contributed by atoms with E-state index in [1.165, 1.54) is 0 Å². The van der Waals surface area contributed by atoms with Gasteiger partial charge < -0.3 is 16.2 Å². The van der Waals surface area contributed by atoms with Crippen molar-refractivity contribution in [1.29, 1.82) is 5.26 Å². The van der Waals surface area contributed by atoms with Gasteiger partial charge in [-0.3, -0.25) is 0 Å². The maximum atomic E-state index is 9.73. The third-order valence-corrected chi connectivity index (χ3v) is 2.93. The Morgan fingerprint density at radius 1 is 1.26 bits per heavy atom. The van der Waals surface area contributed by atoms with Crippen LogP contribution in [0.4, 0.5) is 11.4 Å². The van der Waals surface area contributed by atoms with Crippen molar-refractivity contribution in [3.63, 3.8) is 0 Å². The Balaban J connectivity index is 2.15. The lowest BCUT2D eigenvalue weighted by atomic mass is 10.1. The highest BCUT2D eigenvalue weighted by Crippen LogP contribution is 2.22. The van der Waals surface area contributed by atoms with E-state index in [4.69, 9.17) is 11.0 Å². The quantitative estimate of drug-likeness (QED) is 0.580. The molecule has 2 aromatic rings. The minimum atomic E-state index is 0.216. The Morgan fingerprint density at radius 3 is 2.74 bits per heavy atom. The van der Waals surface area contributed by atoms with E-state index >= 15 is 0 Å². The van der Waals surface area contributed by atoms with Crippen LogP contribution in [0.2, 0.25) is 0 Å². The maximum Gasteiger partial charge on any atom is 0.120 e. The summed E-state index contributed by atoms with van der Waals surface area (Å²) in [4.78, 5) is 0. The van der Waals surface area contributed by atoms with Gasteiger partial charge in [0.2, 0.25) is 0 Å². The van der Waals surface area contributed by atoms with Crippen LogP contribution >= 0.6 is 0 Å². The summed E-state index contributed by atoms with van der Waals surface area (Å²) >= 11 is 0. The highest BCUT2D eigenvalue weighted by Gasteiger charge is 2.03. The number of hydrogen-bond donors (Lipinski definition) is 3. The fraction of sp³-hybridized carbons (Fsp3) is 0.133. The monoisotopic (exact) mass is 253 g/mol. The summed E-state index contributed by atoms with van der Waals surface area (Å²) in [5, 5.41) is 21.8. The molecule has 0 fully saturated rings. The van der Waals surface area contributed by atoms with E-state index in [9.17, 15) is 5.11 Å². The van der Waals surface area contributed by atoms with E-state index in [-0.39, 0.29) is 5.75 Å². The Bertz CT molecular complexity index is 644. The molecule has 4 nitrogen and oxygen atoms in total. The standard InChI is InChI=1S/C15H15N3O/c1-10-6-11(8-16)2-4-14(10)18-9-12-7-13(17)3-5-15(12)19/h2-7,18-19H,9,17H2,1H3. The van der Waals surface area contributed by atoms with Gasteiger partial charge in [-0.05, 0) is 48.9 Å². The van der Waals surface area contributed by atoms with Crippen molar-refractivity contribution in [1.82, 2.24) is 0 Å². The van der Waals surface area contributed by atoms with Crippen LogP contribution in [0.1, 0.15) is 16.7 Å². The number of aryl methyl sites for hydroxylation is 1. The number of phenols is 1. The van der Waals surface area contributed by atoms with Gasteiger partial charge in [0.15, 0.2) is 0 Å². The fourth-order valence-electron chi connectivity index (χ4n) is 1.87. The number of nitriles is 1. The van der Waals surface area contributed by atoms with Crippen molar-refractivity contribution in [3.8, 4) is 11.8 Å². The summed E-state index contributed by atoms with van der Waals surface area (Å²) in [5.74, 6) is 0.216. The predicted molar refractivity (Wildman–Crippen MR) is 75.7 cm³/mol. The van der Waals surface area contributed by atoms with E-state index in [2.05, 4.69) is 11.4 Å². The molecule has 0 aliphatic heterocycles. The largest absolute Gasteiger partial charge is 0.508 e. The number of hydrogen-bond acceptors (Lipinski definition) is 4. The van der Waals surface area contributed by atoms with E-state index in [0.717, 1.165) is 16.8 Å². The number of benzene rings is 2. The van der Waals surface area contributed by atoms with Gasteiger partial charge in [-0.1, -0.05) is 0 Å². The zero-order chi connectivity index (χ0) is 13.8. The van der Waals surface area contributed by atoms with Crippen LogP contribution in [-0.2, 0) is 6.54 Å². The van der Waals surface area contributed by atoms with Gasteiger partial charge in [0.05, 0.1) is 11.6 Å². The summed E-state index contributed by atoms with van der Waals surface area (Å²) in [5.41, 5.74) is 9.60. The summed E-state index contributed by atoms with van der Waals surface area (Å²) in [7, 11) is 0. The highest BCUT2D eigenvalue weighted by molar-refractivity contribution is 5.55. The summed E-state index contributed by atoms with van der Waals surface area (Å²) in [6, 6.07) is 12.5. The minimum Gasteiger partial charge on any atom is -0.508 e. The van der Waals surface area contributed by atoms with Gasteiger partial charge in [0, 0.05) is 23.5 Å². The molecule has 0 aliphatic carbocycles. The fourth-order valence-corrected chi connectivity index (χ4v) is 1.87. The minimum absolute atomic E-state index is 0.216. The molecule has 0 saturated carbocycles. The average Bonchev–Trinajstić information content (AvgIpc) is 2.40. The van der Waals surface area contributed by atoms with Crippen molar-refractivity contribution in [2.45, 2.75) is 13.5 Å². The van der Waals surface area contributed by atoms with E-state index in [0.29, 0.717) is 17.8 Å². The summed E-state index contributed by atoms with van der Waals surface area (Å²) in [6.45, 7) is 2.41. The van der Waals surface area contributed by atoms with Crippen LogP contribution < -0.4 is 11.1 Å². The molecular weight excluding hydrogens is 238 g/mol. The molecule has 4 N–H and O–H groups in total. The van der Waals surface area contributed by atoms with Gasteiger partial charge in [-0.2, -0.15) is 5.26 Å².